The second kappa shape index (κ2) is 10.6. The second-order valence-electron chi connectivity index (χ2n) is 9.07. The zero-order valence-electron chi connectivity index (χ0n) is 20.3. The van der Waals surface area contributed by atoms with Gasteiger partial charge in [0.1, 0.15) is 11.3 Å². The molecule has 36 heavy (non-hydrogen) atoms. The number of hydrogen-bond acceptors (Lipinski definition) is 7. The summed E-state index contributed by atoms with van der Waals surface area (Å²) >= 11 is 0. The van der Waals surface area contributed by atoms with Gasteiger partial charge in [-0.2, -0.15) is 4.98 Å². The maximum atomic E-state index is 13.2. The Bertz CT molecular complexity index is 1360. The van der Waals surface area contributed by atoms with Crippen LogP contribution in [0.4, 0.5) is 5.95 Å². The van der Waals surface area contributed by atoms with Gasteiger partial charge in [0.15, 0.2) is 5.65 Å². The van der Waals surface area contributed by atoms with Crippen molar-refractivity contribution in [1.82, 2.24) is 24.9 Å². The van der Waals surface area contributed by atoms with E-state index in [2.05, 4.69) is 20.4 Å². The number of para-hydroxylation sites is 1. The molecule has 0 saturated heterocycles. The SMILES string of the molecule is COc1ncc(-c2ccn3nc(N)nc3c2)cc1C(=O)NCc1ccccc1OCC1CCCCC1. The molecule has 0 radical (unpaired) electrons. The number of amides is 1. The lowest BCUT2D eigenvalue weighted by atomic mass is 9.90. The van der Waals surface area contributed by atoms with Gasteiger partial charge in [-0.25, -0.2) is 9.50 Å². The number of pyridine rings is 2. The van der Waals surface area contributed by atoms with E-state index in [1.54, 1.807) is 23.0 Å². The fourth-order valence-electron chi connectivity index (χ4n) is 4.64. The number of nitrogens with two attached hydrogens (primary N) is 1. The van der Waals surface area contributed by atoms with Crippen LogP contribution in [0.15, 0.2) is 54.9 Å². The van der Waals surface area contributed by atoms with E-state index < -0.39 is 0 Å². The van der Waals surface area contributed by atoms with Crippen molar-refractivity contribution in [1.29, 1.82) is 0 Å². The van der Waals surface area contributed by atoms with Gasteiger partial charge in [-0.1, -0.05) is 37.5 Å². The van der Waals surface area contributed by atoms with Gasteiger partial charge < -0.3 is 20.5 Å². The Morgan fingerprint density at radius 2 is 1.97 bits per heavy atom. The standard InChI is InChI=1S/C27H30N6O3/c1-35-26-22(13-21(16-30-26)19-11-12-33-24(14-19)31-27(28)32-33)25(34)29-15-20-9-5-6-10-23(20)36-17-18-7-3-2-4-8-18/h5-6,9-14,16,18H,2-4,7-8,15,17H2,1H3,(H2,28,32)(H,29,34). The third-order valence-electron chi connectivity index (χ3n) is 6.59. The highest BCUT2D eigenvalue weighted by atomic mass is 16.5. The molecule has 1 saturated carbocycles. The summed E-state index contributed by atoms with van der Waals surface area (Å²) in [6.45, 7) is 1.05. The van der Waals surface area contributed by atoms with E-state index in [1.807, 2.05) is 36.4 Å². The number of ether oxygens (including phenoxy) is 2. The predicted octanol–water partition coefficient (Wildman–Crippen LogP) is 4.27. The van der Waals surface area contributed by atoms with Gasteiger partial charge in [0.2, 0.25) is 11.8 Å². The first kappa shape index (κ1) is 23.6. The minimum Gasteiger partial charge on any atom is -0.493 e. The molecule has 3 aromatic heterocycles. The number of carbonyl (C=O) groups is 1. The van der Waals surface area contributed by atoms with Gasteiger partial charge in [-0.05, 0) is 48.6 Å². The van der Waals surface area contributed by atoms with Gasteiger partial charge in [0.05, 0.1) is 13.7 Å². The Kier molecular flexibility index (Phi) is 6.97. The van der Waals surface area contributed by atoms with Crippen LogP contribution in [-0.2, 0) is 6.54 Å². The van der Waals surface area contributed by atoms with Crippen LogP contribution in [0, 0.1) is 5.92 Å². The zero-order chi connectivity index (χ0) is 24.9. The summed E-state index contributed by atoms with van der Waals surface area (Å²) in [6, 6.07) is 13.3. The van der Waals surface area contributed by atoms with Crippen molar-refractivity contribution in [2.24, 2.45) is 5.92 Å². The number of benzene rings is 1. The minimum absolute atomic E-state index is 0.197. The van der Waals surface area contributed by atoms with E-state index in [-0.39, 0.29) is 17.7 Å². The molecule has 1 aromatic carbocycles. The maximum Gasteiger partial charge on any atom is 0.257 e. The van der Waals surface area contributed by atoms with E-state index >= 15 is 0 Å². The molecule has 4 aromatic rings. The second-order valence-corrected chi connectivity index (χ2v) is 9.07. The molecule has 9 nitrogen and oxygen atoms in total. The average molecular weight is 487 g/mol. The quantitative estimate of drug-likeness (QED) is 0.382. The molecular weight excluding hydrogens is 456 g/mol. The lowest BCUT2D eigenvalue weighted by Crippen LogP contribution is -2.24. The molecule has 0 spiro atoms. The first-order valence-corrected chi connectivity index (χ1v) is 12.3. The summed E-state index contributed by atoms with van der Waals surface area (Å²) in [5.41, 5.74) is 9.16. The Labute approximate surface area is 209 Å². The topological polar surface area (TPSA) is 117 Å². The molecule has 0 unspecified atom stereocenters. The van der Waals surface area contributed by atoms with Gasteiger partial charge in [0, 0.05) is 30.1 Å². The van der Waals surface area contributed by atoms with Crippen LogP contribution >= 0.6 is 0 Å². The number of carbonyl (C=O) groups excluding carboxylic acids is 1. The molecule has 186 valence electrons. The summed E-state index contributed by atoms with van der Waals surface area (Å²) in [7, 11) is 1.50. The monoisotopic (exact) mass is 486 g/mol. The number of nitrogens with one attached hydrogen (secondary N) is 1. The minimum atomic E-state index is -0.281. The van der Waals surface area contributed by atoms with Crippen LogP contribution in [0.3, 0.4) is 0 Å². The van der Waals surface area contributed by atoms with Crippen LogP contribution in [0.25, 0.3) is 16.8 Å². The smallest absolute Gasteiger partial charge is 0.257 e. The largest absolute Gasteiger partial charge is 0.493 e. The maximum absolute atomic E-state index is 13.2. The Morgan fingerprint density at radius 3 is 2.81 bits per heavy atom. The highest BCUT2D eigenvalue weighted by Crippen LogP contribution is 2.27. The molecule has 3 N–H and O–H groups in total. The van der Waals surface area contributed by atoms with Crippen molar-refractivity contribution in [3.63, 3.8) is 0 Å². The molecule has 0 atom stereocenters. The Balaban J connectivity index is 1.31. The van der Waals surface area contributed by atoms with Crippen LogP contribution in [0.1, 0.15) is 48.0 Å². The van der Waals surface area contributed by atoms with E-state index in [0.29, 0.717) is 30.3 Å². The fourth-order valence-corrected chi connectivity index (χ4v) is 4.64. The molecule has 1 amide bonds. The van der Waals surface area contributed by atoms with Crippen molar-refractivity contribution in [3.05, 3.63) is 66.0 Å². The summed E-state index contributed by atoms with van der Waals surface area (Å²) < 4.78 is 13.1. The Hall–Kier alpha value is -4.14. The summed E-state index contributed by atoms with van der Waals surface area (Å²) in [6.07, 6.45) is 9.75. The number of anilines is 1. The average Bonchev–Trinajstić information content (AvgIpc) is 3.30. The first-order chi connectivity index (χ1) is 17.6. The third-order valence-corrected chi connectivity index (χ3v) is 6.59. The van der Waals surface area contributed by atoms with Gasteiger partial charge >= 0.3 is 0 Å². The molecule has 1 aliphatic rings. The molecule has 9 heteroatoms. The lowest BCUT2D eigenvalue weighted by Gasteiger charge is -2.22. The number of fused-ring (bicyclic) bond motifs is 1. The van der Waals surface area contributed by atoms with Crippen molar-refractivity contribution in [2.45, 2.75) is 38.6 Å². The predicted molar refractivity (Wildman–Crippen MR) is 137 cm³/mol. The molecular formula is C27H30N6O3. The van der Waals surface area contributed by atoms with Crippen LogP contribution in [0.2, 0.25) is 0 Å². The molecule has 0 aliphatic heterocycles. The van der Waals surface area contributed by atoms with Crippen molar-refractivity contribution in [3.8, 4) is 22.8 Å². The van der Waals surface area contributed by atoms with Gasteiger partial charge in [0.25, 0.3) is 5.91 Å². The van der Waals surface area contributed by atoms with Crippen LogP contribution in [0.5, 0.6) is 11.6 Å². The molecule has 5 rings (SSSR count). The van der Waals surface area contributed by atoms with Crippen LogP contribution in [-0.4, -0.2) is 39.2 Å². The number of nitrogens with zero attached hydrogens (tertiary/aromatic N) is 4. The summed E-state index contributed by atoms with van der Waals surface area (Å²) in [5, 5.41) is 7.09. The molecule has 1 aliphatic carbocycles. The number of rotatable bonds is 8. The van der Waals surface area contributed by atoms with Gasteiger partial charge in [-0.15, -0.1) is 5.10 Å². The van der Waals surface area contributed by atoms with Crippen molar-refractivity contribution < 1.29 is 14.3 Å². The number of aromatic nitrogens is 4. The zero-order valence-corrected chi connectivity index (χ0v) is 20.3. The molecule has 3 heterocycles. The van der Waals surface area contributed by atoms with E-state index in [4.69, 9.17) is 15.2 Å². The normalized spacial score (nSPS) is 14.0. The summed E-state index contributed by atoms with van der Waals surface area (Å²) in [4.78, 5) is 21.8. The summed E-state index contributed by atoms with van der Waals surface area (Å²) in [5.74, 6) is 1.58. The fraction of sp³-hybridized carbons (Fsp3) is 0.333. The highest BCUT2D eigenvalue weighted by Gasteiger charge is 2.18. The lowest BCUT2D eigenvalue weighted by molar-refractivity contribution is 0.0946. The third kappa shape index (κ3) is 5.25. The number of hydrogen-bond donors (Lipinski definition) is 2. The number of nitrogen functional groups attached to an aromatic ring is 1. The van der Waals surface area contributed by atoms with Crippen LogP contribution < -0.4 is 20.5 Å². The number of methoxy groups -OCH3 is 1. The molecule has 1 fully saturated rings. The van der Waals surface area contributed by atoms with E-state index in [0.717, 1.165) is 22.4 Å². The highest BCUT2D eigenvalue weighted by molar-refractivity contribution is 5.97. The van der Waals surface area contributed by atoms with E-state index in [1.165, 1.54) is 39.2 Å². The van der Waals surface area contributed by atoms with Crippen molar-refractivity contribution in [2.75, 3.05) is 19.5 Å². The molecule has 0 bridgehead atoms. The van der Waals surface area contributed by atoms with E-state index in [9.17, 15) is 4.79 Å². The van der Waals surface area contributed by atoms with Crippen molar-refractivity contribution >= 4 is 17.5 Å². The first-order valence-electron chi connectivity index (χ1n) is 12.3. The van der Waals surface area contributed by atoms with Gasteiger partial charge in [-0.3, -0.25) is 4.79 Å². The Morgan fingerprint density at radius 1 is 1.14 bits per heavy atom.